The standard InChI is InChI=1S/C15H22N2O3S/c1-2-20-14-10-13(15(14)8-3-9-15)17-11-4-6-12(7-5-11)21(16,18)19/h4-7,13-14,17H,2-3,8-10H2,1H3,(H2,16,18,19). The molecule has 0 heterocycles. The Morgan fingerprint density at radius 3 is 2.48 bits per heavy atom. The van der Waals surface area contributed by atoms with Gasteiger partial charge in [-0.2, -0.15) is 0 Å². The van der Waals surface area contributed by atoms with Gasteiger partial charge in [-0.1, -0.05) is 6.42 Å². The summed E-state index contributed by atoms with van der Waals surface area (Å²) < 4.78 is 28.3. The van der Waals surface area contributed by atoms with E-state index in [1.165, 1.54) is 19.3 Å². The van der Waals surface area contributed by atoms with Crippen LogP contribution in [0.4, 0.5) is 5.69 Å². The maximum atomic E-state index is 11.2. The van der Waals surface area contributed by atoms with Gasteiger partial charge >= 0.3 is 0 Å². The summed E-state index contributed by atoms with van der Waals surface area (Å²) in [6.07, 6.45) is 5.09. The summed E-state index contributed by atoms with van der Waals surface area (Å²) in [5, 5.41) is 8.63. The molecular formula is C15H22N2O3S. The van der Waals surface area contributed by atoms with Gasteiger partial charge in [-0.15, -0.1) is 0 Å². The van der Waals surface area contributed by atoms with Crippen molar-refractivity contribution in [3.63, 3.8) is 0 Å². The number of nitrogens with one attached hydrogen (secondary N) is 1. The molecule has 0 aliphatic heterocycles. The Balaban J connectivity index is 1.68. The lowest BCUT2D eigenvalue weighted by Gasteiger charge is -2.61. The molecule has 2 aliphatic carbocycles. The summed E-state index contributed by atoms with van der Waals surface area (Å²) in [5.74, 6) is 0. The molecule has 6 heteroatoms. The van der Waals surface area contributed by atoms with Crippen LogP contribution in [0, 0.1) is 5.41 Å². The molecule has 5 nitrogen and oxygen atoms in total. The van der Waals surface area contributed by atoms with Gasteiger partial charge in [-0.3, -0.25) is 0 Å². The van der Waals surface area contributed by atoms with Crippen LogP contribution < -0.4 is 10.5 Å². The number of nitrogens with two attached hydrogens (primary N) is 1. The quantitative estimate of drug-likeness (QED) is 0.872. The highest BCUT2D eigenvalue weighted by Crippen LogP contribution is 2.58. The molecule has 1 spiro atoms. The summed E-state index contributed by atoms with van der Waals surface area (Å²) in [7, 11) is -3.62. The van der Waals surface area contributed by atoms with E-state index in [-0.39, 0.29) is 10.3 Å². The predicted molar refractivity (Wildman–Crippen MR) is 81.5 cm³/mol. The first-order valence-electron chi connectivity index (χ1n) is 7.47. The summed E-state index contributed by atoms with van der Waals surface area (Å²) in [4.78, 5) is 0.146. The second kappa shape index (κ2) is 5.26. The molecule has 0 radical (unpaired) electrons. The van der Waals surface area contributed by atoms with Gasteiger partial charge in [0.25, 0.3) is 0 Å². The summed E-state index contributed by atoms with van der Waals surface area (Å²) in [5.41, 5.74) is 1.22. The minimum atomic E-state index is -3.62. The molecule has 1 aromatic rings. The van der Waals surface area contributed by atoms with Crippen LogP contribution in [0.5, 0.6) is 0 Å². The van der Waals surface area contributed by atoms with Gasteiger partial charge in [0.1, 0.15) is 0 Å². The van der Waals surface area contributed by atoms with Crippen LogP contribution in [0.25, 0.3) is 0 Å². The van der Waals surface area contributed by atoms with Crippen molar-refractivity contribution < 1.29 is 13.2 Å². The molecule has 1 aromatic carbocycles. The van der Waals surface area contributed by atoms with E-state index in [9.17, 15) is 8.42 Å². The van der Waals surface area contributed by atoms with E-state index in [2.05, 4.69) is 5.32 Å². The van der Waals surface area contributed by atoms with E-state index >= 15 is 0 Å². The smallest absolute Gasteiger partial charge is 0.238 e. The van der Waals surface area contributed by atoms with Gasteiger partial charge in [-0.05, 0) is 50.5 Å². The maximum Gasteiger partial charge on any atom is 0.238 e. The lowest BCUT2D eigenvalue weighted by atomic mass is 9.51. The Kier molecular flexibility index (Phi) is 3.71. The zero-order chi connectivity index (χ0) is 15.1. The number of benzene rings is 1. The highest BCUT2D eigenvalue weighted by Gasteiger charge is 2.58. The fourth-order valence-corrected chi connectivity index (χ4v) is 4.10. The summed E-state index contributed by atoms with van der Waals surface area (Å²) in [6.45, 7) is 2.81. The molecule has 0 amide bonds. The molecule has 2 saturated carbocycles. The predicted octanol–water partition coefficient (Wildman–Crippen LogP) is 2.09. The molecule has 0 saturated heterocycles. The minimum absolute atomic E-state index is 0.146. The number of sulfonamides is 1. The first-order valence-corrected chi connectivity index (χ1v) is 9.01. The Morgan fingerprint density at radius 2 is 2.00 bits per heavy atom. The number of anilines is 1. The van der Waals surface area contributed by atoms with Crippen molar-refractivity contribution in [1.82, 2.24) is 0 Å². The minimum Gasteiger partial charge on any atom is -0.382 e. The number of ether oxygens (including phenoxy) is 1. The third kappa shape index (κ3) is 2.56. The van der Waals surface area contributed by atoms with Crippen molar-refractivity contribution in [3.8, 4) is 0 Å². The van der Waals surface area contributed by atoms with Crippen molar-refractivity contribution in [3.05, 3.63) is 24.3 Å². The van der Waals surface area contributed by atoms with E-state index in [0.717, 1.165) is 18.7 Å². The third-order valence-corrected chi connectivity index (χ3v) is 5.89. The largest absolute Gasteiger partial charge is 0.382 e. The monoisotopic (exact) mass is 310 g/mol. The molecule has 116 valence electrons. The van der Waals surface area contributed by atoms with E-state index in [0.29, 0.717) is 12.1 Å². The van der Waals surface area contributed by atoms with Crippen LogP contribution in [0.3, 0.4) is 0 Å². The van der Waals surface area contributed by atoms with Crippen molar-refractivity contribution in [2.75, 3.05) is 11.9 Å². The zero-order valence-electron chi connectivity index (χ0n) is 12.2. The Labute approximate surface area is 125 Å². The van der Waals surface area contributed by atoms with E-state index in [1.54, 1.807) is 24.3 Å². The zero-order valence-corrected chi connectivity index (χ0v) is 13.0. The number of rotatable bonds is 5. The normalized spacial score (nSPS) is 27.0. The van der Waals surface area contributed by atoms with Crippen LogP contribution in [0.15, 0.2) is 29.2 Å². The number of primary sulfonamides is 1. The molecular weight excluding hydrogens is 288 g/mol. The summed E-state index contributed by atoms with van der Waals surface area (Å²) >= 11 is 0. The Bertz CT molecular complexity index is 608. The van der Waals surface area contributed by atoms with Gasteiger partial charge in [0.15, 0.2) is 0 Å². The van der Waals surface area contributed by atoms with E-state index in [1.807, 2.05) is 6.92 Å². The topological polar surface area (TPSA) is 81.4 Å². The van der Waals surface area contributed by atoms with Gasteiger partial charge < -0.3 is 10.1 Å². The average molecular weight is 310 g/mol. The maximum absolute atomic E-state index is 11.2. The SMILES string of the molecule is CCOC1CC(Nc2ccc(S(N)(=O)=O)cc2)C12CCC2. The van der Waals surface area contributed by atoms with Crippen molar-refractivity contribution in [1.29, 1.82) is 0 Å². The second-order valence-electron chi connectivity index (χ2n) is 6.03. The molecule has 2 atom stereocenters. The second-order valence-corrected chi connectivity index (χ2v) is 7.59. The number of hydrogen-bond acceptors (Lipinski definition) is 4. The lowest BCUT2D eigenvalue weighted by Crippen LogP contribution is -2.64. The van der Waals surface area contributed by atoms with Gasteiger partial charge in [0.05, 0.1) is 11.0 Å². The highest BCUT2D eigenvalue weighted by molar-refractivity contribution is 7.89. The van der Waals surface area contributed by atoms with Crippen molar-refractivity contribution in [2.24, 2.45) is 10.6 Å². The highest BCUT2D eigenvalue weighted by atomic mass is 32.2. The van der Waals surface area contributed by atoms with Crippen LogP contribution >= 0.6 is 0 Å². The van der Waals surface area contributed by atoms with Gasteiger partial charge in [-0.25, -0.2) is 13.6 Å². The van der Waals surface area contributed by atoms with Crippen molar-refractivity contribution >= 4 is 15.7 Å². The first kappa shape index (κ1) is 14.8. The van der Waals surface area contributed by atoms with Crippen LogP contribution in [0.1, 0.15) is 32.6 Å². The van der Waals surface area contributed by atoms with Crippen LogP contribution in [-0.2, 0) is 14.8 Å². The third-order valence-electron chi connectivity index (χ3n) is 4.96. The van der Waals surface area contributed by atoms with E-state index in [4.69, 9.17) is 9.88 Å². The Hall–Kier alpha value is -1.11. The number of hydrogen-bond donors (Lipinski definition) is 2. The lowest BCUT2D eigenvalue weighted by molar-refractivity contribution is -0.157. The molecule has 0 aromatic heterocycles. The molecule has 2 fully saturated rings. The molecule has 2 unspecified atom stereocenters. The molecule has 0 bridgehead atoms. The van der Waals surface area contributed by atoms with E-state index < -0.39 is 10.0 Å². The van der Waals surface area contributed by atoms with Crippen molar-refractivity contribution in [2.45, 2.75) is 49.6 Å². The molecule has 21 heavy (non-hydrogen) atoms. The van der Waals surface area contributed by atoms with Crippen LogP contribution in [-0.4, -0.2) is 27.2 Å². The average Bonchev–Trinajstić information content (AvgIpc) is 2.35. The first-order chi connectivity index (χ1) is 9.95. The van der Waals surface area contributed by atoms with Gasteiger partial charge in [0.2, 0.25) is 10.0 Å². The fourth-order valence-electron chi connectivity index (χ4n) is 3.58. The molecule has 3 N–H and O–H groups in total. The van der Waals surface area contributed by atoms with Gasteiger partial charge in [0, 0.05) is 23.8 Å². The molecule has 2 aliphatic rings. The molecule has 3 rings (SSSR count). The Morgan fingerprint density at radius 1 is 1.33 bits per heavy atom. The van der Waals surface area contributed by atoms with Crippen LogP contribution in [0.2, 0.25) is 0 Å². The summed E-state index contributed by atoms with van der Waals surface area (Å²) in [6, 6.07) is 7.07. The fraction of sp³-hybridized carbons (Fsp3) is 0.600.